The summed E-state index contributed by atoms with van der Waals surface area (Å²) in [6.45, 7) is 3.12. The number of benzene rings is 1. The highest BCUT2D eigenvalue weighted by Crippen LogP contribution is 2.23. The number of likely N-dealkylation sites (N-methyl/N-ethyl adjacent to an activating group) is 1. The molecular formula is C14H19BrClN3O. The Hall–Kier alpha value is -0.620. The van der Waals surface area contributed by atoms with Crippen LogP contribution in [0.3, 0.4) is 0 Å². The molecule has 0 spiro atoms. The van der Waals surface area contributed by atoms with E-state index in [0.29, 0.717) is 13.1 Å². The van der Waals surface area contributed by atoms with Crippen molar-refractivity contribution < 1.29 is 4.79 Å². The Kier molecular flexibility index (Phi) is 5.43. The summed E-state index contributed by atoms with van der Waals surface area (Å²) in [5, 5.41) is 4.01. The van der Waals surface area contributed by atoms with Gasteiger partial charge in [-0.15, -0.1) is 0 Å². The van der Waals surface area contributed by atoms with Crippen LogP contribution in [-0.4, -0.2) is 55.5 Å². The number of rotatable bonds is 3. The first-order valence-corrected chi connectivity index (χ1v) is 7.76. The van der Waals surface area contributed by atoms with Crippen molar-refractivity contribution in [2.45, 2.75) is 12.6 Å². The van der Waals surface area contributed by atoms with Crippen molar-refractivity contribution in [3.05, 3.63) is 33.3 Å². The summed E-state index contributed by atoms with van der Waals surface area (Å²) in [5.74, 6) is 0.130. The van der Waals surface area contributed by atoms with E-state index in [1.54, 1.807) is 19.0 Å². The number of hydrogen-bond acceptors (Lipinski definition) is 3. The highest BCUT2D eigenvalue weighted by Gasteiger charge is 2.29. The Bertz CT molecular complexity index is 495. The first-order chi connectivity index (χ1) is 9.49. The maximum Gasteiger partial charge on any atom is 0.240 e. The van der Waals surface area contributed by atoms with Gasteiger partial charge in [-0.2, -0.15) is 0 Å². The third-order valence-corrected chi connectivity index (χ3v) is 4.31. The molecule has 0 saturated carbocycles. The Morgan fingerprint density at radius 2 is 2.30 bits per heavy atom. The molecule has 1 aromatic carbocycles. The van der Waals surface area contributed by atoms with Crippen molar-refractivity contribution in [3.8, 4) is 0 Å². The zero-order chi connectivity index (χ0) is 14.7. The van der Waals surface area contributed by atoms with Gasteiger partial charge >= 0.3 is 0 Å². The van der Waals surface area contributed by atoms with Crippen molar-refractivity contribution in [1.82, 2.24) is 15.1 Å². The van der Waals surface area contributed by atoms with Crippen molar-refractivity contribution in [2.24, 2.45) is 0 Å². The minimum absolute atomic E-state index is 0.126. The maximum absolute atomic E-state index is 12.2. The van der Waals surface area contributed by atoms with Crippen LogP contribution in [0, 0.1) is 0 Å². The monoisotopic (exact) mass is 359 g/mol. The van der Waals surface area contributed by atoms with E-state index in [0.717, 1.165) is 28.1 Å². The van der Waals surface area contributed by atoms with Crippen molar-refractivity contribution >= 4 is 33.4 Å². The number of nitrogens with zero attached hydrogens (tertiary/aromatic N) is 2. The Labute approximate surface area is 133 Å². The summed E-state index contributed by atoms with van der Waals surface area (Å²) >= 11 is 9.68. The molecule has 1 unspecified atom stereocenters. The van der Waals surface area contributed by atoms with Crippen LogP contribution in [0.5, 0.6) is 0 Å². The van der Waals surface area contributed by atoms with E-state index >= 15 is 0 Å². The summed E-state index contributed by atoms with van der Waals surface area (Å²) in [7, 11) is 3.59. The predicted molar refractivity (Wildman–Crippen MR) is 84.9 cm³/mol. The van der Waals surface area contributed by atoms with Crippen molar-refractivity contribution in [2.75, 3.05) is 33.7 Å². The second-order valence-corrected chi connectivity index (χ2v) is 6.48. The third kappa shape index (κ3) is 3.73. The average molecular weight is 361 g/mol. The van der Waals surface area contributed by atoms with Crippen molar-refractivity contribution in [3.63, 3.8) is 0 Å². The molecule has 1 fully saturated rings. The van der Waals surface area contributed by atoms with Gasteiger partial charge in [-0.05, 0) is 17.7 Å². The fraction of sp³-hybridized carbons (Fsp3) is 0.500. The van der Waals surface area contributed by atoms with Crippen LogP contribution in [0.1, 0.15) is 5.56 Å². The molecule has 1 saturated heterocycles. The Morgan fingerprint density at radius 3 is 2.95 bits per heavy atom. The van der Waals surface area contributed by atoms with Crippen LogP contribution in [0.2, 0.25) is 5.02 Å². The second-order valence-electron chi connectivity index (χ2n) is 5.16. The van der Waals surface area contributed by atoms with Gasteiger partial charge in [0, 0.05) is 49.8 Å². The highest BCUT2D eigenvalue weighted by molar-refractivity contribution is 9.10. The van der Waals surface area contributed by atoms with E-state index in [1.165, 1.54) is 0 Å². The minimum atomic E-state index is -0.126. The summed E-state index contributed by atoms with van der Waals surface area (Å²) in [4.78, 5) is 16.1. The summed E-state index contributed by atoms with van der Waals surface area (Å²) in [6.07, 6.45) is 0. The first kappa shape index (κ1) is 15.8. The Balaban J connectivity index is 2.14. The molecule has 2 rings (SSSR count). The summed E-state index contributed by atoms with van der Waals surface area (Å²) in [5.41, 5.74) is 1.05. The molecule has 1 N–H and O–H groups in total. The zero-order valence-corrected chi connectivity index (χ0v) is 14.0. The molecule has 4 nitrogen and oxygen atoms in total. The van der Waals surface area contributed by atoms with Gasteiger partial charge in [-0.1, -0.05) is 33.6 Å². The number of amides is 1. The highest BCUT2D eigenvalue weighted by atomic mass is 79.9. The van der Waals surface area contributed by atoms with Crippen LogP contribution in [0.25, 0.3) is 0 Å². The van der Waals surface area contributed by atoms with Crippen LogP contribution < -0.4 is 5.32 Å². The lowest BCUT2D eigenvalue weighted by Gasteiger charge is -2.36. The van der Waals surface area contributed by atoms with Crippen LogP contribution in [0.4, 0.5) is 0 Å². The molecule has 110 valence electrons. The number of carbonyl (C=O) groups is 1. The normalized spacial score (nSPS) is 19.9. The van der Waals surface area contributed by atoms with Crippen LogP contribution in [-0.2, 0) is 11.3 Å². The molecule has 0 aliphatic carbocycles. The van der Waals surface area contributed by atoms with E-state index in [2.05, 4.69) is 26.1 Å². The molecular weight excluding hydrogens is 342 g/mol. The SMILES string of the molecule is CN(C)C(=O)C1CNCCN1Cc1ccc(Br)cc1Cl. The number of hydrogen-bond donors (Lipinski definition) is 1. The smallest absolute Gasteiger partial charge is 0.240 e. The largest absolute Gasteiger partial charge is 0.347 e. The number of piperazine rings is 1. The fourth-order valence-corrected chi connectivity index (χ4v) is 3.08. The van der Waals surface area contributed by atoms with Gasteiger partial charge in [-0.3, -0.25) is 9.69 Å². The molecule has 0 bridgehead atoms. The van der Waals surface area contributed by atoms with E-state index in [4.69, 9.17) is 11.6 Å². The maximum atomic E-state index is 12.2. The fourth-order valence-electron chi connectivity index (χ4n) is 2.35. The van der Waals surface area contributed by atoms with Crippen molar-refractivity contribution in [1.29, 1.82) is 0 Å². The number of nitrogens with one attached hydrogen (secondary N) is 1. The van der Waals surface area contributed by atoms with E-state index < -0.39 is 0 Å². The van der Waals surface area contributed by atoms with Crippen LogP contribution >= 0.6 is 27.5 Å². The van der Waals surface area contributed by atoms with E-state index in [-0.39, 0.29) is 11.9 Å². The molecule has 1 aromatic rings. The lowest BCUT2D eigenvalue weighted by molar-refractivity contribution is -0.135. The molecule has 1 aliphatic rings. The average Bonchev–Trinajstić information content (AvgIpc) is 2.41. The molecule has 0 aromatic heterocycles. The second kappa shape index (κ2) is 6.89. The standard InChI is InChI=1S/C14H19BrClN3O/c1-18(2)14(20)13-8-17-5-6-19(13)9-10-3-4-11(15)7-12(10)16/h3-4,7,13,17H,5-6,8-9H2,1-2H3. The van der Waals surface area contributed by atoms with Gasteiger partial charge in [-0.25, -0.2) is 0 Å². The van der Waals surface area contributed by atoms with Crippen LogP contribution in [0.15, 0.2) is 22.7 Å². The zero-order valence-electron chi connectivity index (χ0n) is 11.7. The molecule has 1 aliphatic heterocycles. The first-order valence-electron chi connectivity index (χ1n) is 6.59. The molecule has 0 radical (unpaired) electrons. The van der Waals surface area contributed by atoms with Gasteiger partial charge in [0.15, 0.2) is 0 Å². The van der Waals surface area contributed by atoms with Gasteiger partial charge < -0.3 is 10.2 Å². The molecule has 1 heterocycles. The topological polar surface area (TPSA) is 35.6 Å². The lowest BCUT2D eigenvalue weighted by Crippen LogP contribution is -2.57. The lowest BCUT2D eigenvalue weighted by atomic mass is 10.1. The van der Waals surface area contributed by atoms with Gasteiger partial charge in [0.2, 0.25) is 5.91 Å². The summed E-state index contributed by atoms with van der Waals surface area (Å²) < 4.78 is 0.965. The number of halogens is 2. The number of carbonyl (C=O) groups excluding carboxylic acids is 1. The van der Waals surface area contributed by atoms with Gasteiger partial charge in [0.05, 0.1) is 0 Å². The predicted octanol–water partition coefficient (Wildman–Crippen LogP) is 1.96. The van der Waals surface area contributed by atoms with Gasteiger partial charge in [0.1, 0.15) is 6.04 Å². The third-order valence-electron chi connectivity index (χ3n) is 3.47. The summed E-state index contributed by atoms with van der Waals surface area (Å²) in [6, 6.07) is 5.75. The molecule has 1 amide bonds. The van der Waals surface area contributed by atoms with E-state index in [9.17, 15) is 4.79 Å². The van der Waals surface area contributed by atoms with E-state index in [1.807, 2.05) is 18.2 Å². The van der Waals surface area contributed by atoms with Gasteiger partial charge in [0.25, 0.3) is 0 Å². The molecule has 6 heteroatoms. The quantitative estimate of drug-likeness (QED) is 0.895. The minimum Gasteiger partial charge on any atom is -0.347 e. The molecule has 20 heavy (non-hydrogen) atoms. The Morgan fingerprint density at radius 1 is 1.55 bits per heavy atom. The molecule has 1 atom stereocenters.